The molecule has 170 valence electrons. The molecule has 2 N–H and O–H groups in total. The van der Waals surface area contributed by atoms with Crippen molar-refractivity contribution in [1.82, 2.24) is 9.80 Å². The number of phenols is 1. The Morgan fingerprint density at radius 3 is 2.79 bits per heavy atom. The highest BCUT2D eigenvalue weighted by Gasteiger charge is 2.73. The van der Waals surface area contributed by atoms with Crippen molar-refractivity contribution in [3.05, 3.63) is 59.2 Å². The van der Waals surface area contributed by atoms with Crippen LogP contribution in [-0.2, 0) is 16.6 Å². The summed E-state index contributed by atoms with van der Waals surface area (Å²) in [7, 11) is 3.85. The molecule has 6 heteroatoms. The van der Waals surface area contributed by atoms with E-state index >= 15 is 0 Å². The Hall–Kier alpha value is -3.01. The first-order valence-electron chi connectivity index (χ1n) is 11.7. The van der Waals surface area contributed by atoms with Gasteiger partial charge in [-0.2, -0.15) is 0 Å². The SMILES string of the molecule is CN1CC[C@]23c4c5ccc(O)c4O[C@H]2[C@H](N(C)C(=O)C#Cc2ccccc2)CC[C@@]3(O)[C@H]1C5. The van der Waals surface area contributed by atoms with Crippen molar-refractivity contribution in [2.45, 2.75) is 54.9 Å². The van der Waals surface area contributed by atoms with Gasteiger partial charge in [0.2, 0.25) is 0 Å². The molecule has 2 aliphatic heterocycles. The van der Waals surface area contributed by atoms with Gasteiger partial charge in [0.1, 0.15) is 6.10 Å². The fraction of sp³-hybridized carbons (Fsp3) is 0.444. The molecule has 1 spiro atoms. The summed E-state index contributed by atoms with van der Waals surface area (Å²) in [5.41, 5.74) is 1.27. The normalized spacial score (nSPS) is 33.4. The quantitative estimate of drug-likeness (QED) is 0.659. The first-order chi connectivity index (χ1) is 15.9. The molecule has 1 amide bonds. The van der Waals surface area contributed by atoms with Crippen LogP contribution in [0.3, 0.4) is 0 Å². The van der Waals surface area contributed by atoms with Crippen LogP contribution in [0.5, 0.6) is 11.5 Å². The molecule has 0 unspecified atom stereocenters. The van der Waals surface area contributed by atoms with E-state index in [1.165, 1.54) is 0 Å². The van der Waals surface area contributed by atoms with Crippen LogP contribution >= 0.6 is 0 Å². The van der Waals surface area contributed by atoms with Crippen molar-refractivity contribution in [2.24, 2.45) is 0 Å². The molecule has 33 heavy (non-hydrogen) atoms. The average molecular weight is 445 g/mol. The number of aliphatic hydroxyl groups is 1. The number of piperidine rings is 1. The molecule has 6 rings (SSSR count). The van der Waals surface area contributed by atoms with Gasteiger partial charge < -0.3 is 24.7 Å². The predicted molar refractivity (Wildman–Crippen MR) is 123 cm³/mol. The molecular weight excluding hydrogens is 416 g/mol. The molecule has 2 aromatic carbocycles. The Bertz CT molecular complexity index is 1200. The maximum absolute atomic E-state index is 13.1. The molecular formula is C27H28N2O4. The van der Waals surface area contributed by atoms with Crippen LogP contribution in [0.15, 0.2) is 42.5 Å². The number of carbonyl (C=O) groups is 1. The van der Waals surface area contributed by atoms with Crippen molar-refractivity contribution in [1.29, 1.82) is 0 Å². The van der Waals surface area contributed by atoms with E-state index in [-0.39, 0.29) is 23.7 Å². The third-order valence-electron chi connectivity index (χ3n) is 8.60. The summed E-state index contributed by atoms with van der Waals surface area (Å²) in [6, 6.07) is 12.9. The predicted octanol–water partition coefficient (Wildman–Crippen LogP) is 2.05. The Balaban J connectivity index is 1.41. The van der Waals surface area contributed by atoms with Crippen molar-refractivity contribution in [2.75, 3.05) is 20.6 Å². The molecule has 1 saturated carbocycles. The Morgan fingerprint density at radius 1 is 1.21 bits per heavy atom. The minimum absolute atomic E-state index is 0.0137. The van der Waals surface area contributed by atoms with Gasteiger partial charge >= 0.3 is 0 Å². The lowest BCUT2D eigenvalue weighted by molar-refractivity contribution is -0.195. The number of likely N-dealkylation sites (N-methyl/N-ethyl adjacent to an activating group) is 2. The Kier molecular flexibility index (Phi) is 4.36. The van der Waals surface area contributed by atoms with Gasteiger partial charge in [-0.15, -0.1) is 0 Å². The number of aromatic hydroxyl groups is 1. The molecule has 6 nitrogen and oxygen atoms in total. The summed E-state index contributed by atoms with van der Waals surface area (Å²) in [5, 5.41) is 22.9. The second kappa shape index (κ2) is 6.99. The maximum atomic E-state index is 13.1. The number of ether oxygens (including phenoxy) is 1. The topological polar surface area (TPSA) is 73.2 Å². The van der Waals surface area contributed by atoms with E-state index in [1.807, 2.05) is 36.4 Å². The lowest BCUT2D eigenvalue weighted by Crippen LogP contribution is -2.77. The maximum Gasteiger partial charge on any atom is 0.298 e. The zero-order valence-corrected chi connectivity index (χ0v) is 18.9. The van der Waals surface area contributed by atoms with E-state index in [1.54, 1.807) is 18.0 Å². The molecule has 0 aromatic heterocycles. The number of hydrogen-bond donors (Lipinski definition) is 2. The van der Waals surface area contributed by atoms with E-state index in [0.29, 0.717) is 18.6 Å². The number of rotatable bonds is 1. The molecule has 5 atom stereocenters. The minimum Gasteiger partial charge on any atom is -0.504 e. The van der Waals surface area contributed by atoms with Crippen molar-refractivity contribution >= 4 is 5.91 Å². The van der Waals surface area contributed by atoms with Crippen molar-refractivity contribution in [3.8, 4) is 23.3 Å². The fourth-order valence-corrected chi connectivity index (χ4v) is 7.01. The molecule has 4 aliphatic rings. The second-order valence-corrected chi connectivity index (χ2v) is 9.97. The summed E-state index contributed by atoms with van der Waals surface area (Å²) >= 11 is 0. The third kappa shape index (κ3) is 2.61. The van der Waals surface area contributed by atoms with Gasteiger partial charge in [0.15, 0.2) is 11.5 Å². The number of amides is 1. The van der Waals surface area contributed by atoms with Crippen LogP contribution in [0.4, 0.5) is 0 Å². The monoisotopic (exact) mass is 444 g/mol. The number of hydrogen-bond acceptors (Lipinski definition) is 5. The highest BCUT2D eigenvalue weighted by atomic mass is 16.5. The second-order valence-electron chi connectivity index (χ2n) is 9.97. The molecule has 0 radical (unpaired) electrons. The summed E-state index contributed by atoms with van der Waals surface area (Å²) in [6.45, 7) is 0.833. The van der Waals surface area contributed by atoms with Gasteiger partial charge in [-0.25, -0.2) is 0 Å². The van der Waals surface area contributed by atoms with E-state index < -0.39 is 17.1 Å². The van der Waals surface area contributed by atoms with Crippen molar-refractivity contribution in [3.63, 3.8) is 0 Å². The molecule has 1 saturated heterocycles. The highest BCUT2D eigenvalue weighted by Crippen LogP contribution is 2.65. The van der Waals surface area contributed by atoms with E-state index in [2.05, 4.69) is 23.8 Å². The molecule has 2 bridgehead atoms. The summed E-state index contributed by atoms with van der Waals surface area (Å²) in [5.74, 6) is 6.06. The lowest BCUT2D eigenvalue weighted by Gasteiger charge is -2.64. The zero-order valence-electron chi connectivity index (χ0n) is 18.9. The Labute approximate surface area is 193 Å². The van der Waals surface area contributed by atoms with Gasteiger partial charge in [-0.3, -0.25) is 4.79 Å². The molecule has 2 fully saturated rings. The smallest absolute Gasteiger partial charge is 0.298 e. The average Bonchev–Trinajstić information content (AvgIpc) is 3.17. The van der Waals surface area contributed by atoms with Gasteiger partial charge in [-0.1, -0.05) is 30.2 Å². The summed E-state index contributed by atoms with van der Waals surface area (Å²) in [6.07, 6.45) is 2.22. The Morgan fingerprint density at radius 2 is 2.00 bits per heavy atom. The molecule has 2 aliphatic carbocycles. The third-order valence-corrected chi connectivity index (χ3v) is 8.60. The van der Waals surface area contributed by atoms with Gasteiger partial charge in [0, 0.05) is 30.1 Å². The number of carbonyl (C=O) groups excluding carboxylic acids is 1. The van der Waals surface area contributed by atoms with Crippen LogP contribution in [-0.4, -0.2) is 70.3 Å². The van der Waals surface area contributed by atoms with Crippen LogP contribution in [0.25, 0.3) is 0 Å². The van der Waals surface area contributed by atoms with Gasteiger partial charge in [0.25, 0.3) is 5.91 Å². The van der Waals surface area contributed by atoms with Gasteiger partial charge in [-0.05, 0) is 63.0 Å². The van der Waals surface area contributed by atoms with Crippen LogP contribution < -0.4 is 4.74 Å². The zero-order chi connectivity index (χ0) is 23.0. The number of benzene rings is 2. The fourth-order valence-electron chi connectivity index (χ4n) is 7.01. The molecule has 2 aromatic rings. The largest absolute Gasteiger partial charge is 0.504 e. The molecule has 2 heterocycles. The first-order valence-corrected chi connectivity index (χ1v) is 11.7. The number of phenolic OH excluding ortho intramolecular Hbond substituents is 1. The minimum atomic E-state index is -0.965. The van der Waals surface area contributed by atoms with E-state index in [0.717, 1.165) is 36.1 Å². The number of nitrogens with zero attached hydrogens (tertiary/aromatic N) is 2. The standard InChI is InChI=1S/C27H28N2O4/c1-28-15-14-26-23-18-9-10-20(30)24(23)33-25(26)19(12-13-27(26,32)21(28)16-18)29(2)22(31)11-8-17-6-4-3-5-7-17/h3-7,9-10,19,21,25,30,32H,12-16H2,1-2H3/t19-,21-,25+,26+,27-/m1/s1. The van der Waals surface area contributed by atoms with Gasteiger partial charge in [0.05, 0.1) is 17.1 Å². The summed E-state index contributed by atoms with van der Waals surface area (Å²) in [4.78, 5) is 17.0. The van der Waals surface area contributed by atoms with E-state index in [9.17, 15) is 15.0 Å². The van der Waals surface area contributed by atoms with Crippen molar-refractivity contribution < 1.29 is 19.7 Å². The lowest BCUT2D eigenvalue weighted by atomic mass is 9.48. The number of likely N-dealkylation sites (tertiary alicyclic amines) is 1. The highest BCUT2D eigenvalue weighted by molar-refractivity contribution is 5.94. The summed E-state index contributed by atoms with van der Waals surface area (Å²) < 4.78 is 6.49. The van der Waals surface area contributed by atoms with Crippen LogP contribution in [0, 0.1) is 11.8 Å². The first kappa shape index (κ1) is 20.6. The van der Waals surface area contributed by atoms with Crippen LogP contribution in [0.2, 0.25) is 0 Å². The van der Waals surface area contributed by atoms with Crippen LogP contribution in [0.1, 0.15) is 36.0 Å². The van der Waals surface area contributed by atoms with E-state index in [4.69, 9.17) is 4.74 Å².